The highest BCUT2D eigenvalue weighted by molar-refractivity contribution is 6.30. The molecule has 0 aliphatic carbocycles. The van der Waals surface area contributed by atoms with Crippen LogP contribution in [0.1, 0.15) is 6.42 Å². The van der Waals surface area contributed by atoms with E-state index in [0.717, 1.165) is 0 Å². The Hall–Kier alpha value is -2.28. The van der Waals surface area contributed by atoms with Gasteiger partial charge in [-0.3, -0.25) is 9.59 Å². The van der Waals surface area contributed by atoms with Gasteiger partial charge in [0.1, 0.15) is 6.04 Å². The minimum Gasteiger partial charge on any atom is -0.469 e. The lowest BCUT2D eigenvalue weighted by atomic mass is 10.1. The Morgan fingerprint density at radius 2 is 2.09 bits per heavy atom. The highest BCUT2D eigenvalue weighted by Crippen LogP contribution is 2.16. The molecular formula is C14H16ClN3O4. The molecule has 1 saturated heterocycles. The molecule has 0 bridgehead atoms. The molecule has 1 aliphatic rings. The zero-order chi connectivity index (χ0) is 16.1. The van der Waals surface area contributed by atoms with Gasteiger partial charge < -0.3 is 20.3 Å². The van der Waals surface area contributed by atoms with Crippen molar-refractivity contribution in [2.24, 2.45) is 0 Å². The summed E-state index contributed by atoms with van der Waals surface area (Å²) in [6.07, 6.45) is -0.184. The topological polar surface area (TPSA) is 87.7 Å². The Labute approximate surface area is 132 Å². The molecule has 0 radical (unpaired) electrons. The van der Waals surface area contributed by atoms with Gasteiger partial charge in [0, 0.05) is 23.8 Å². The fraction of sp³-hybridized carbons (Fsp3) is 0.357. The van der Waals surface area contributed by atoms with E-state index in [1.165, 1.54) is 12.0 Å². The van der Waals surface area contributed by atoms with Crippen LogP contribution in [0.25, 0.3) is 0 Å². The Bertz CT molecular complexity index is 576. The van der Waals surface area contributed by atoms with E-state index in [0.29, 0.717) is 23.8 Å². The van der Waals surface area contributed by atoms with Crippen LogP contribution in [-0.2, 0) is 14.3 Å². The molecule has 1 atom stereocenters. The monoisotopic (exact) mass is 325 g/mol. The van der Waals surface area contributed by atoms with E-state index >= 15 is 0 Å². The zero-order valence-corrected chi connectivity index (χ0v) is 12.7. The summed E-state index contributed by atoms with van der Waals surface area (Å²) in [4.78, 5) is 37.0. The third kappa shape index (κ3) is 3.88. The Morgan fingerprint density at radius 1 is 1.41 bits per heavy atom. The van der Waals surface area contributed by atoms with E-state index in [-0.39, 0.29) is 12.3 Å². The number of hydrogen-bond donors (Lipinski definition) is 2. The van der Waals surface area contributed by atoms with Crippen molar-refractivity contribution in [3.63, 3.8) is 0 Å². The molecule has 2 rings (SSSR count). The molecule has 2 N–H and O–H groups in total. The number of hydrogen-bond acceptors (Lipinski definition) is 4. The lowest BCUT2D eigenvalue weighted by Gasteiger charge is -2.34. The van der Waals surface area contributed by atoms with Gasteiger partial charge in [-0.05, 0) is 24.3 Å². The van der Waals surface area contributed by atoms with E-state index in [2.05, 4.69) is 15.4 Å². The Balaban J connectivity index is 2.09. The van der Waals surface area contributed by atoms with E-state index < -0.39 is 18.0 Å². The van der Waals surface area contributed by atoms with E-state index in [1.807, 2.05) is 0 Å². The number of methoxy groups -OCH3 is 1. The number of halogens is 1. The van der Waals surface area contributed by atoms with Crippen molar-refractivity contribution in [2.75, 3.05) is 25.5 Å². The number of amides is 3. The summed E-state index contributed by atoms with van der Waals surface area (Å²) in [7, 11) is 1.24. The first kappa shape index (κ1) is 16.1. The smallest absolute Gasteiger partial charge is 0.322 e. The van der Waals surface area contributed by atoms with Crippen molar-refractivity contribution in [3.05, 3.63) is 29.3 Å². The number of ether oxygens (including phenoxy) is 1. The summed E-state index contributed by atoms with van der Waals surface area (Å²) < 4.78 is 4.57. The number of rotatable bonds is 3. The van der Waals surface area contributed by atoms with Gasteiger partial charge in [0.25, 0.3) is 0 Å². The van der Waals surface area contributed by atoms with Gasteiger partial charge in [-0.2, -0.15) is 0 Å². The summed E-state index contributed by atoms with van der Waals surface area (Å²) in [5, 5.41) is 5.86. The third-order valence-electron chi connectivity index (χ3n) is 3.27. The standard InChI is InChI=1S/C14H16ClN3O4/c1-22-12(19)8-11-13(20)16-6-7-18(11)14(21)17-10-4-2-9(15)3-5-10/h2-5,11H,6-8H2,1H3,(H,16,20)(H,17,21)/t11-/m0/s1. The second-order valence-corrected chi connectivity index (χ2v) is 5.15. The predicted molar refractivity (Wildman–Crippen MR) is 80.6 cm³/mol. The number of piperazine rings is 1. The molecule has 7 nitrogen and oxygen atoms in total. The van der Waals surface area contributed by atoms with Crippen LogP contribution in [-0.4, -0.2) is 49.0 Å². The summed E-state index contributed by atoms with van der Waals surface area (Å²) in [5.74, 6) is -0.922. The van der Waals surface area contributed by atoms with Crippen LogP contribution in [0.2, 0.25) is 5.02 Å². The minimum absolute atomic E-state index is 0.184. The number of anilines is 1. The molecule has 3 amide bonds. The number of carbonyl (C=O) groups excluding carboxylic acids is 3. The lowest BCUT2D eigenvalue weighted by molar-refractivity contribution is -0.145. The maximum absolute atomic E-state index is 12.3. The quantitative estimate of drug-likeness (QED) is 0.818. The molecule has 0 unspecified atom stereocenters. The molecule has 8 heteroatoms. The van der Waals surface area contributed by atoms with E-state index in [9.17, 15) is 14.4 Å². The van der Waals surface area contributed by atoms with Crippen LogP contribution in [0.15, 0.2) is 24.3 Å². The highest BCUT2D eigenvalue weighted by atomic mass is 35.5. The molecule has 1 fully saturated rings. The molecule has 118 valence electrons. The van der Waals surface area contributed by atoms with Crippen LogP contribution in [0.3, 0.4) is 0 Å². The maximum Gasteiger partial charge on any atom is 0.322 e. The highest BCUT2D eigenvalue weighted by Gasteiger charge is 2.35. The second kappa shape index (κ2) is 7.13. The molecule has 0 spiro atoms. The van der Waals surface area contributed by atoms with E-state index in [4.69, 9.17) is 11.6 Å². The second-order valence-electron chi connectivity index (χ2n) is 4.72. The van der Waals surface area contributed by atoms with Crippen LogP contribution >= 0.6 is 11.6 Å². The fourth-order valence-electron chi connectivity index (χ4n) is 2.13. The lowest BCUT2D eigenvalue weighted by Crippen LogP contribution is -2.58. The maximum atomic E-state index is 12.3. The summed E-state index contributed by atoms with van der Waals surface area (Å²) >= 11 is 5.79. The fourth-order valence-corrected chi connectivity index (χ4v) is 2.26. The average molecular weight is 326 g/mol. The first-order valence-electron chi connectivity index (χ1n) is 6.69. The van der Waals surface area contributed by atoms with Gasteiger partial charge in [-0.15, -0.1) is 0 Å². The largest absolute Gasteiger partial charge is 0.469 e. The number of nitrogens with zero attached hydrogens (tertiary/aromatic N) is 1. The number of nitrogens with one attached hydrogen (secondary N) is 2. The van der Waals surface area contributed by atoms with Gasteiger partial charge in [-0.25, -0.2) is 4.79 Å². The predicted octanol–water partition coefficient (Wildman–Crippen LogP) is 1.24. The molecule has 22 heavy (non-hydrogen) atoms. The van der Waals surface area contributed by atoms with Crippen LogP contribution in [0.5, 0.6) is 0 Å². The van der Waals surface area contributed by atoms with Crippen LogP contribution in [0, 0.1) is 0 Å². The summed E-state index contributed by atoms with van der Waals surface area (Å²) in [6.45, 7) is 0.650. The zero-order valence-electron chi connectivity index (χ0n) is 12.0. The summed E-state index contributed by atoms with van der Waals surface area (Å²) in [6, 6.07) is 5.26. The SMILES string of the molecule is COC(=O)C[C@H]1C(=O)NCCN1C(=O)Nc1ccc(Cl)cc1. The van der Waals surface area contributed by atoms with Crippen molar-refractivity contribution in [1.82, 2.24) is 10.2 Å². The Morgan fingerprint density at radius 3 is 2.73 bits per heavy atom. The van der Waals surface area contributed by atoms with E-state index in [1.54, 1.807) is 24.3 Å². The normalized spacial score (nSPS) is 17.6. The minimum atomic E-state index is -0.881. The molecule has 1 aliphatic heterocycles. The first-order chi connectivity index (χ1) is 10.5. The number of benzene rings is 1. The molecule has 1 heterocycles. The van der Waals surface area contributed by atoms with Crippen molar-refractivity contribution in [2.45, 2.75) is 12.5 Å². The molecule has 0 saturated carbocycles. The first-order valence-corrected chi connectivity index (χ1v) is 7.07. The van der Waals surface area contributed by atoms with Gasteiger partial charge in [-0.1, -0.05) is 11.6 Å². The molecular weight excluding hydrogens is 310 g/mol. The molecule has 0 aromatic heterocycles. The van der Waals surface area contributed by atoms with Gasteiger partial charge in [0.05, 0.1) is 13.5 Å². The number of esters is 1. The average Bonchev–Trinajstić information content (AvgIpc) is 2.51. The number of urea groups is 1. The summed E-state index contributed by atoms with van der Waals surface area (Å²) in [5.41, 5.74) is 0.553. The van der Waals surface area contributed by atoms with Gasteiger partial charge >= 0.3 is 12.0 Å². The van der Waals surface area contributed by atoms with Crippen molar-refractivity contribution in [1.29, 1.82) is 0 Å². The van der Waals surface area contributed by atoms with Gasteiger partial charge in [0.2, 0.25) is 5.91 Å². The number of carbonyl (C=O) groups is 3. The Kier molecular flexibility index (Phi) is 5.21. The molecule has 1 aromatic carbocycles. The van der Waals surface area contributed by atoms with Crippen molar-refractivity contribution >= 4 is 35.2 Å². The van der Waals surface area contributed by atoms with Crippen molar-refractivity contribution < 1.29 is 19.1 Å². The third-order valence-corrected chi connectivity index (χ3v) is 3.53. The van der Waals surface area contributed by atoms with Crippen LogP contribution < -0.4 is 10.6 Å². The van der Waals surface area contributed by atoms with Crippen molar-refractivity contribution in [3.8, 4) is 0 Å². The van der Waals surface area contributed by atoms with Crippen LogP contribution in [0.4, 0.5) is 10.5 Å². The molecule has 1 aromatic rings. The van der Waals surface area contributed by atoms with Gasteiger partial charge in [0.15, 0.2) is 0 Å².